The second-order valence-corrected chi connectivity index (χ2v) is 4.66. The number of furan rings is 1. The molecular weight excluding hydrogens is 244 g/mol. The molecule has 2 rings (SSSR count). The minimum absolute atomic E-state index is 0.0140. The number of aliphatic carboxylic acids is 1. The fraction of sp³-hybridized carbons (Fsp3) is 0.357. The number of rotatable bonds is 4. The van der Waals surface area contributed by atoms with E-state index in [1.54, 1.807) is 6.92 Å². The van der Waals surface area contributed by atoms with Crippen LogP contribution < -0.4 is 0 Å². The smallest absolute Gasteiger partial charge is 0.304 e. The van der Waals surface area contributed by atoms with Gasteiger partial charge in [-0.05, 0) is 32.0 Å². The van der Waals surface area contributed by atoms with Gasteiger partial charge in [0, 0.05) is 11.6 Å². The maximum Gasteiger partial charge on any atom is 0.304 e. The average molecular weight is 260 g/mol. The number of carbonyl (C=O) groups is 1. The fourth-order valence-electron chi connectivity index (χ4n) is 1.86. The lowest BCUT2D eigenvalue weighted by Gasteiger charge is -2.09. The molecule has 0 radical (unpaired) electrons. The van der Waals surface area contributed by atoms with E-state index in [1.165, 1.54) is 0 Å². The van der Waals surface area contributed by atoms with Gasteiger partial charge in [-0.2, -0.15) is 0 Å². The van der Waals surface area contributed by atoms with E-state index in [-0.39, 0.29) is 12.3 Å². The highest BCUT2D eigenvalue weighted by Crippen LogP contribution is 2.23. The number of nitrogens with zero attached hydrogens (tertiary/aromatic N) is 2. The Morgan fingerprint density at radius 1 is 1.37 bits per heavy atom. The lowest BCUT2D eigenvalue weighted by atomic mass is 10.1. The van der Waals surface area contributed by atoms with E-state index >= 15 is 0 Å². The lowest BCUT2D eigenvalue weighted by molar-refractivity contribution is -0.137. The van der Waals surface area contributed by atoms with Gasteiger partial charge in [0.05, 0.1) is 6.42 Å². The Labute approximate surface area is 111 Å². The first kappa shape index (κ1) is 13.3. The van der Waals surface area contributed by atoms with Crippen molar-refractivity contribution in [1.29, 1.82) is 0 Å². The molecule has 0 aliphatic carbocycles. The molecule has 19 heavy (non-hydrogen) atoms. The van der Waals surface area contributed by atoms with Crippen molar-refractivity contribution in [2.24, 2.45) is 0 Å². The molecule has 1 unspecified atom stereocenters. The van der Waals surface area contributed by atoms with Crippen LogP contribution in [-0.2, 0) is 4.79 Å². The first-order chi connectivity index (χ1) is 8.95. The highest BCUT2D eigenvalue weighted by Gasteiger charge is 2.15. The van der Waals surface area contributed by atoms with E-state index < -0.39 is 5.97 Å². The van der Waals surface area contributed by atoms with Crippen molar-refractivity contribution in [3.8, 4) is 11.5 Å². The zero-order valence-electron chi connectivity index (χ0n) is 11.2. The van der Waals surface area contributed by atoms with Crippen LogP contribution in [0.3, 0.4) is 0 Å². The molecule has 0 saturated heterocycles. The summed E-state index contributed by atoms with van der Waals surface area (Å²) in [5, 5.41) is 8.83. The second-order valence-electron chi connectivity index (χ2n) is 4.66. The van der Waals surface area contributed by atoms with Crippen LogP contribution in [-0.4, -0.2) is 21.0 Å². The number of hydrogen-bond donors (Lipinski definition) is 1. The van der Waals surface area contributed by atoms with Gasteiger partial charge < -0.3 is 9.52 Å². The minimum Gasteiger partial charge on any atom is -0.481 e. The molecule has 2 heterocycles. The van der Waals surface area contributed by atoms with E-state index in [2.05, 4.69) is 9.97 Å². The summed E-state index contributed by atoms with van der Waals surface area (Å²) >= 11 is 0. The number of carboxylic acids is 1. The Bertz CT molecular complexity index is 604. The molecule has 0 fully saturated rings. The van der Waals surface area contributed by atoms with Gasteiger partial charge in [0.15, 0.2) is 5.76 Å². The van der Waals surface area contributed by atoms with Gasteiger partial charge in [0.2, 0.25) is 0 Å². The third kappa shape index (κ3) is 3.19. The summed E-state index contributed by atoms with van der Waals surface area (Å²) in [6.45, 7) is 5.53. The molecule has 0 spiro atoms. The summed E-state index contributed by atoms with van der Waals surface area (Å²) in [5.74, 6) is 0.935. The third-order valence-electron chi connectivity index (χ3n) is 2.79. The minimum atomic E-state index is -0.854. The van der Waals surface area contributed by atoms with Gasteiger partial charge in [0.1, 0.15) is 17.3 Å². The van der Waals surface area contributed by atoms with Crippen LogP contribution in [0.25, 0.3) is 11.5 Å². The van der Waals surface area contributed by atoms with Gasteiger partial charge in [-0.3, -0.25) is 4.79 Å². The molecule has 1 N–H and O–H groups in total. The molecule has 5 heteroatoms. The summed E-state index contributed by atoms with van der Waals surface area (Å²) in [6, 6.07) is 5.55. The number of hydrogen-bond acceptors (Lipinski definition) is 4. The second kappa shape index (κ2) is 5.22. The molecule has 0 amide bonds. The molecule has 0 bridgehead atoms. The molecule has 1 atom stereocenters. The Morgan fingerprint density at radius 3 is 2.68 bits per heavy atom. The van der Waals surface area contributed by atoms with Crippen LogP contribution >= 0.6 is 0 Å². The van der Waals surface area contributed by atoms with Crippen molar-refractivity contribution < 1.29 is 14.3 Å². The lowest BCUT2D eigenvalue weighted by Crippen LogP contribution is -2.08. The van der Waals surface area contributed by atoms with Crippen LogP contribution in [0, 0.1) is 13.8 Å². The normalized spacial score (nSPS) is 12.4. The van der Waals surface area contributed by atoms with Crippen LogP contribution in [0.2, 0.25) is 0 Å². The number of aryl methyl sites for hydroxylation is 2. The quantitative estimate of drug-likeness (QED) is 0.914. The van der Waals surface area contributed by atoms with E-state index in [9.17, 15) is 4.79 Å². The van der Waals surface area contributed by atoms with E-state index in [1.807, 2.05) is 32.0 Å². The van der Waals surface area contributed by atoms with Crippen molar-refractivity contribution in [1.82, 2.24) is 9.97 Å². The highest BCUT2D eigenvalue weighted by molar-refractivity contribution is 5.67. The zero-order chi connectivity index (χ0) is 14.0. The molecular formula is C14H16N2O3. The monoisotopic (exact) mass is 260 g/mol. The van der Waals surface area contributed by atoms with Crippen LogP contribution in [0.1, 0.15) is 36.5 Å². The SMILES string of the molecule is Cc1cc(-c2ccc(C)o2)nc(C(C)CC(=O)O)n1. The van der Waals surface area contributed by atoms with Crippen LogP contribution in [0.15, 0.2) is 22.6 Å². The Morgan fingerprint density at radius 2 is 2.11 bits per heavy atom. The predicted octanol–water partition coefficient (Wildman–Crippen LogP) is 2.93. The predicted molar refractivity (Wildman–Crippen MR) is 69.9 cm³/mol. The van der Waals surface area contributed by atoms with Gasteiger partial charge in [-0.25, -0.2) is 9.97 Å². The summed E-state index contributed by atoms with van der Waals surface area (Å²) in [5.41, 5.74) is 1.49. The van der Waals surface area contributed by atoms with E-state index in [4.69, 9.17) is 9.52 Å². The maximum atomic E-state index is 10.8. The van der Waals surface area contributed by atoms with Crippen LogP contribution in [0.5, 0.6) is 0 Å². The van der Waals surface area contributed by atoms with Crippen LogP contribution in [0.4, 0.5) is 0 Å². The molecule has 2 aromatic heterocycles. The van der Waals surface area contributed by atoms with Gasteiger partial charge in [-0.15, -0.1) is 0 Å². The first-order valence-electron chi connectivity index (χ1n) is 6.10. The van der Waals surface area contributed by atoms with Crippen molar-refractivity contribution in [2.75, 3.05) is 0 Å². The topological polar surface area (TPSA) is 76.2 Å². The molecule has 2 aromatic rings. The Balaban J connectivity index is 2.37. The zero-order valence-corrected chi connectivity index (χ0v) is 11.2. The van der Waals surface area contributed by atoms with Crippen molar-refractivity contribution in [2.45, 2.75) is 33.1 Å². The molecule has 100 valence electrons. The largest absolute Gasteiger partial charge is 0.481 e. The Kier molecular flexibility index (Phi) is 3.64. The van der Waals surface area contributed by atoms with Gasteiger partial charge in [-0.1, -0.05) is 6.92 Å². The summed E-state index contributed by atoms with van der Waals surface area (Å²) < 4.78 is 5.53. The number of carboxylic acid groups (broad SMARTS) is 1. The van der Waals surface area contributed by atoms with E-state index in [0.717, 1.165) is 11.5 Å². The maximum absolute atomic E-state index is 10.8. The highest BCUT2D eigenvalue weighted by atomic mass is 16.4. The standard InChI is InChI=1S/C14H16N2O3/c1-8(6-13(17)18)14-15-9(2)7-11(16-14)12-5-4-10(3)19-12/h4-5,7-8H,6H2,1-3H3,(H,17,18). The molecule has 0 aromatic carbocycles. The molecule has 0 saturated carbocycles. The van der Waals surface area contributed by atoms with Crippen molar-refractivity contribution in [3.05, 3.63) is 35.5 Å². The average Bonchev–Trinajstić information content (AvgIpc) is 2.74. The molecule has 0 aliphatic rings. The Hall–Kier alpha value is -2.17. The summed E-state index contributed by atoms with van der Waals surface area (Å²) in [4.78, 5) is 19.5. The molecule has 0 aliphatic heterocycles. The first-order valence-corrected chi connectivity index (χ1v) is 6.10. The van der Waals surface area contributed by atoms with Gasteiger partial charge >= 0.3 is 5.97 Å². The summed E-state index contributed by atoms with van der Waals surface area (Å²) in [6.07, 6.45) is 0.0140. The van der Waals surface area contributed by atoms with Gasteiger partial charge in [0.25, 0.3) is 0 Å². The van der Waals surface area contributed by atoms with Crippen molar-refractivity contribution >= 4 is 5.97 Å². The summed E-state index contributed by atoms with van der Waals surface area (Å²) in [7, 11) is 0. The van der Waals surface area contributed by atoms with Crippen molar-refractivity contribution in [3.63, 3.8) is 0 Å². The number of aromatic nitrogens is 2. The fourth-order valence-corrected chi connectivity index (χ4v) is 1.86. The molecule has 5 nitrogen and oxygen atoms in total. The van der Waals surface area contributed by atoms with E-state index in [0.29, 0.717) is 17.3 Å². The third-order valence-corrected chi connectivity index (χ3v) is 2.79.